The van der Waals surface area contributed by atoms with Crippen LogP contribution in [0.3, 0.4) is 0 Å². The van der Waals surface area contributed by atoms with Crippen LogP contribution in [0.1, 0.15) is 19.9 Å². The van der Waals surface area contributed by atoms with Crippen LogP contribution in [0.4, 0.5) is 13.2 Å². The van der Waals surface area contributed by atoms with Gasteiger partial charge in [-0.2, -0.15) is 0 Å². The van der Waals surface area contributed by atoms with Crippen LogP contribution < -0.4 is 0 Å². The summed E-state index contributed by atoms with van der Waals surface area (Å²) in [5.74, 6) is -6.84. The molecule has 2 aromatic rings. The molecule has 0 bridgehead atoms. The zero-order valence-electron chi connectivity index (χ0n) is 15.8. The SMILES string of the molecule is CC1(C)OC[C@H]2O[C@@H](C(=O)O)[C@H](O)[C@@H](n3cc(-c4cc(F)c(F)c(F)c4)nn3)[C@H]2O1. The van der Waals surface area contributed by atoms with E-state index in [1.54, 1.807) is 13.8 Å². The third-order valence-corrected chi connectivity index (χ3v) is 5.04. The van der Waals surface area contributed by atoms with Gasteiger partial charge < -0.3 is 24.4 Å². The molecule has 12 heteroatoms. The van der Waals surface area contributed by atoms with Crippen molar-refractivity contribution in [2.45, 2.75) is 50.1 Å². The highest BCUT2D eigenvalue weighted by atomic mass is 19.2. The number of aromatic nitrogens is 3. The monoisotopic (exact) mass is 429 g/mol. The van der Waals surface area contributed by atoms with E-state index < -0.39 is 59.7 Å². The quantitative estimate of drug-likeness (QED) is 0.701. The van der Waals surface area contributed by atoms with E-state index in [0.717, 1.165) is 16.8 Å². The van der Waals surface area contributed by atoms with Crippen LogP contribution in [0.25, 0.3) is 11.3 Å². The number of aliphatic hydroxyl groups excluding tert-OH is 1. The lowest BCUT2D eigenvalue weighted by Gasteiger charge is -2.49. The van der Waals surface area contributed by atoms with Crippen LogP contribution in [-0.4, -0.2) is 68.0 Å². The number of ether oxygens (including phenoxy) is 3. The first-order valence-corrected chi connectivity index (χ1v) is 9.02. The smallest absolute Gasteiger partial charge is 0.335 e. The third kappa shape index (κ3) is 3.55. The molecule has 0 radical (unpaired) electrons. The van der Waals surface area contributed by atoms with Gasteiger partial charge in [-0.05, 0) is 26.0 Å². The standard InChI is InChI=1S/C18H18F3N3O6/c1-18(2)28-6-11-15(30-18)13(14(25)16(29-11)17(26)27)24-5-10(22-23-24)7-3-8(19)12(21)9(20)4-7/h3-5,11,13-16,25H,6H2,1-2H3,(H,26,27)/t11-,13-,14-,15+,16-/m1/s1. The molecular weight excluding hydrogens is 411 g/mol. The van der Waals surface area contributed by atoms with Gasteiger partial charge in [0.15, 0.2) is 29.3 Å². The Balaban J connectivity index is 1.72. The fourth-order valence-electron chi connectivity index (χ4n) is 3.63. The van der Waals surface area contributed by atoms with Crippen LogP contribution >= 0.6 is 0 Å². The summed E-state index contributed by atoms with van der Waals surface area (Å²) in [6.45, 7) is 3.31. The van der Waals surface area contributed by atoms with Gasteiger partial charge in [0.25, 0.3) is 0 Å². The van der Waals surface area contributed by atoms with Gasteiger partial charge in [-0.1, -0.05) is 5.21 Å². The Morgan fingerprint density at radius 2 is 1.93 bits per heavy atom. The Bertz CT molecular complexity index is 961. The summed E-state index contributed by atoms with van der Waals surface area (Å²) in [5.41, 5.74) is -0.0972. The topological polar surface area (TPSA) is 116 Å². The first kappa shape index (κ1) is 20.7. The summed E-state index contributed by atoms with van der Waals surface area (Å²) in [6.07, 6.45) is -3.57. The van der Waals surface area contributed by atoms with Crippen molar-refractivity contribution >= 4 is 5.97 Å². The average molecular weight is 429 g/mol. The van der Waals surface area contributed by atoms with E-state index in [4.69, 9.17) is 14.2 Å². The number of fused-ring (bicyclic) bond motifs is 1. The van der Waals surface area contributed by atoms with Gasteiger partial charge in [-0.15, -0.1) is 5.10 Å². The summed E-state index contributed by atoms with van der Waals surface area (Å²) in [4.78, 5) is 11.5. The maximum absolute atomic E-state index is 13.6. The summed E-state index contributed by atoms with van der Waals surface area (Å²) in [6, 6.07) is 0.457. The normalized spacial score (nSPS) is 30.7. The molecule has 1 aromatic heterocycles. The van der Waals surface area contributed by atoms with E-state index in [1.165, 1.54) is 6.20 Å². The highest BCUT2D eigenvalue weighted by Crippen LogP contribution is 2.38. The molecule has 0 aliphatic carbocycles. The zero-order valence-corrected chi connectivity index (χ0v) is 15.8. The number of aliphatic carboxylic acids is 1. The molecule has 3 heterocycles. The molecule has 0 amide bonds. The van der Waals surface area contributed by atoms with Crippen molar-refractivity contribution in [3.63, 3.8) is 0 Å². The van der Waals surface area contributed by atoms with Crippen LogP contribution in [0.2, 0.25) is 0 Å². The molecule has 162 valence electrons. The molecule has 2 fully saturated rings. The van der Waals surface area contributed by atoms with Gasteiger partial charge in [-0.25, -0.2) is 22.6 Å². The predicted molar refractivity (Wildman–Crippen MR) is 91.6 cm³/mol. The van der Waals surface area contributed by atoms with Crippen LogP contribution in [-0.2, 0) is 19.0 Å². The maximum Gasteiger partial charge on any atom is 0.335 e. The molecular formula is C18H18F3N3O6. The summed E-state index contributed by atoms with van der Waals surface area (Å²) < 4.78 is 58.3. The van der Waals surface area contributed by atoms with E-state index in [9.17, 15) is 28.2 Å². The number of hydrogen-bond acceptors (Lipinski definition) is 7. The number of aliphatic hydroxyl groups is 1. The van der Waals surface area contributed by atoms with E-state index in [-0.39, 0.29) is 17.9 Å². The molecule has 0 saturated carbocycles. The number of hydrogen-bond donors (Lipinski definition) is 2. The van der Waals surface area contributed by atoms with Crippen molar-refractivity contribution in [3.8, 4) is 11.3 Å². The molecule has 2 aliphatic rings. The Kier molecular flexibility index (Phi) is 5.04. The lowest BCUT2D eigenvalue weighted by molar-refractivity contribution is -0.346. The Labute approximate surface area is 168 Å². The molecule has 0 spiro atoms. The molecule has 2 N–H and O–H groups in total. The van der Waals surface area contributed by atoms with Gasteiger partial charge in [0.05, 0.1) is 12.8 Å². The van der Waals surface area contributed by atoms with Crippen molar-refractivity contribution in [2.75, 3.05) is 6.61 Å². The molecule has 2 aliphatic heterocycles. The second-order valence-electron chi connectivity index (χ2n) is 7.55. The second kappa shape index (κ2) is 7.30. The molecule has 1 aromatic carbocycles. The van der Waals surface area contributed by atoms with Gasteiger partial charge in [-0.3, -0.25) is 0 Å². The number of halogens is 3. The van der Waals surface area contributed by atoms with Crippen LogP contribution in [0.15, 0.2) is 18.3 Å². The van der Waals surface area contributed by atoms with E-state index in [0.29, 0.717) is 0 Å². The van der Waals surface area contributed by atoms with E-state index in [2.05, 4.69) is 10.3 Å². The number of nitrogens with zero attached hydrogens (tertiary/aromatic N) is 3. The Hall–Kier alpha value is -2.54. The molecule has 9 nitrogen and oxygen atoms in total. The van der Waals surface area contributed by atoms with Gasteiger partial charge in [0.1, 0.15) is 30.0 Å². The molecule has 0 unspecified atom stereocenters. The number of carboxylic acids is 1. The lowest BCUT2D eigenvalue weighted by Crippen LogP contribution is -2.63. The summed E-state index contributed by atoms with van der Waals surface area (Å²) in [5, 5.41) is 27.8. The Morgan fingerprint density at radius 1 is 1.27 bits per heavy atom. The summed E-state index contributed by atoms with van der Waals surface area (Å²) >= 11 is 0. The molecule has 4 rings (SSSR count). The minimum atomic E-state index is -1.61. The highest BCUT2D eigenvalue weighted by molar-refractivity contribution is 5.73. The third-order valence-electron chi connectivity index (χ3n) is 5.04. The molecule has 2 saturated heterocycles. The van der Waals surface area contributed by atoms with Crippen LogP contribution in [0, 0.1) is 17.5 Å². The Morgan fingerprint density at radius 3 is 2.57 bits per heavy atom. The van der Waals surface area contributed by atoms with Crippen molar-refractivity contribution in [2.24, 2.45) is 0 Å². The van der Waals surface area contributed by atoms with Gasteiger partial charge in [0, 0.05) is 5.56 Å². The first-order chi connectivity index (χ1) is 14.1. The number of rotatable bonds is 3. The average Bonchev–Trinajstić information content (AvgIpc) is 3.14. The number of carbonyl (C=O) groups is 1. The van der Waals surface area contributed by atoms with E-state index >= 15 is 0 Å². The highest BCUT2D eigenvalue weighted by Gasteiger charge is 2.54. The fraction of sp³-hybridized carbons (Fsp3) is 0.500. The minimum absolute atomic E-state index is 0.0127. The zero-order chi connectivity index (χ0) is 21.8. The van der Waals surface area contributed by atoms with Gasteiger partial charge in [0.2, 0.25) is 0 Å². The first-order valence-electron chi connectivity index (χ1n) is 9.02. The second-order valence-corrected chi connectivity index (χ2v) is 7.55. The van der Waals surface area contributed by atoms with Gasteiger partial charge >= 0.3 is 5.97 Å². The van der Waals surface area contributed by atoms with Crippen molar-refractivity contribution in [1.82, 2.24) is 15.0 Å². The number of carboxylic acid groups (broad SMARTS) is 1. The largest absolute Gasteiger partial charge is 0.479 e. The molecule has 5 atom stereocenters. The number of benzene rings is 1. The van der Waals surface area contributed by atoms with E-state index in [1.807, 2.05) is 0 Å². The maximum atomic E-state index is 13.6. The predicted octanol–water partition coefficient (Wildman–Crippen LogP) is 1.27. The minimum Gasteiger partial charge on any atom is -0.479 e. The van der Waals surface area contributed by atoms with Crippen molar-refractivity contribution < 1.29 is 42.4 Å². The van der Waals surface area contributed by atoms with Crippen molar-refractivity contribution in [3.05, 3.63) is 35.8 Å². The fourth-order valence-corrected chi connectivity index (χ4v) is 3.63. The molecule has 30 heavy (non-hydrogen) atoms. The van der Waals surface area contributed by atoms with Crippen LogP contribution in [0.5, 0.6) is 0 Å². The summed E-state index contributed by atoms with van der Waals surface area (Å²) in [7, 11) is 0. The lowest BCUT2D eigenvalue weighted by atomic mass is 9.91. The van der Waals surface area contributed by atoms with Crippen molar-refractivity contribution in [1.29, 1.82) is 0 Å².